The van der Waals surface area contributed by atoms with Gasteiger partial charge in [-0.2, -0.15) is 0 Å². The molecule has 0 amide bonds. The normalized spacial score (nSPS) is 12.3. The van der Waals surface area contributed by atoms with E-state index < -0.39 is 5.41 Å². The van der Waals surface area contributed by atoms with Gasteiger partial charge in [0.05, 0.1) is 22.4 Å². The molecule has 0 saturated carbocycles. The maximum atomic E-state index is 5.81. The first kappa shape index (κ1) is 50.4. The quantitative estimate of drug-likeness (QED) is 0.129. The molecule has 1 spiro atoms. The molecule has 1 aromatic heterocycles. The molecule has 0 N–H and O–H groups in total. The monoisotopic (exact) mass is 1090 g/mol. The van der Waals surface area contributed by atoms with Crippen LogP contribution in [0.3, 0.4) is 0 Å². The molecule has 16 rings (SSSR count). The number of rotatable bonds is 11. The van der Waals surface area contributed by atoms with E-state index in [0.29, 0.717) is 17.5 Å². The summed E-state index contributed by atoms with van der Waals surface area (Å²) in [6.45, 7) is 0. The van der Waals surface area contributed by atoms with E-state index in [1.807, 2.05) is 12.1 Å². The van der Waals surface area contributed by atoms with Crippen molar-refractivity contribution in [2.75, 3.05) is 4.90 Å². The summed E-state index contributed by atoms with van der Waals surface area (Å²) in [6, 6.07) is 119. The molecule has 4 heteroatoms. The van der Waals surface area contributed by atoms with Gasteiger partial charge in [0.25, 0.3) is 0 Å². The van der Waals surface area contributed by atoms with Crippen molar-refractivity contribution in [2.24, 2.45) is 0 Å². The molecule has 0 unspecified atom stereocenters. The summed E-state index contributed by atoms with van der Waals surface area (Å²) < 4.78 is 0. The van der Waals surface area contributed by atoms with Crippen LogP contribution in [0.1, 0.15) is 22.3 Å². The average molecular weight is 1100 g/mol. The second-order valence-corrected chi connectivity index (χ2v) is 22.1. The molecule has 402 valence electrons. The fourth-order valence-corrected chi connectivity index (χ4v) is 13.8. The average Bonchev–Trinajstić information content (AvgIpc) is 1.60. The van der Waals surface area contributed by atoms with Crippen LogP contribution < -0.4 is 4.90 Å². The minimum absolute atomic E-state index is 0.537. The van der Waals surface area contributed by atoms with Crippen LogP contribution >= 0.6 is 0 Å². The van der Waals surface area contributed by atoms with Gasteiger partial charge in [0, 0.05) is 39.1 Å². The first-order chi connectivity index (χ1) is 42.7. The number of aromatic nitrogens is 3. The van der Waals surface area contributed by atoms with Crippen LogP contribution in [0, 0.1) is 0 Å². The van der Waals surface area contributed by atoms with Gasteiger partial charge in [-0.05, 0) is 96.1 Å². The number of fused-ring (bicyclic) bond motifs is 10. The lowest BCUT2D eigenvalue weighted by molar-refractivity contribution is 0.794. The topological polar surface area (TPSA) is 41.9 Å². The highest BCUT2D eigenvalue weighted by Gasteiger charge is 2.52. The van der Waals surface area contributed by atoms with E-state index in [1.54, 1.807) is 0 Å². The lowest BCUT2D eigenvalue weighted by Crippen LogP contribution is -2.26. The van der Waals surface area contributed by atoms with Crippen LogP contribution in [0.2, 0.25) is 0 Å². The first-order valence-corrected chi connectivity index (χ1v) is 29.4. The molecule has 0 atom stereocenters. The number of benzene rings is 13. The minimum atomic E-state index is -0.617. The Balaban J connectivity index is 1.15. The molecule has 0 radical (unpaired) electrons. The van der Waals surface area contributed by atoms with E-state index in [0.717, 1.165) is 95.0 Å². The van der Waals surface area contributed by atoms with Crippen molar-refractivity contribution < 1.29 is 0 Å². The third-order valence-electron chi connectivity index (χ3n) is 17.3. The lowest BCUT2D eigenvalue weighted by atomic mass is 9.70. The largest absolute Gasteiger partial charge is 0.308 e. The van der Waals surface area contributed by atoms with Crippen molar-refractivity contribution in [2.45, 2.75) is 5.41 Å². The molecule has 14 aromatic rings. The standard InChI is InChI=1S/C82H54N4/c1-8-29-55(30-9-1)56-51-53-63(54-52-56)86(71-50-28-49-70-76(71)66-45-24-27-48-69(66)82(70)67-46-25-22-43-64(67)65-44-23-26-47-68(65)82)78-75(60-37-16-5-17-38-60)73(58-33-12-3-13-34-58)72(57-31-10-2-11-32-57)74(59-35-14-4-15-36-59)77(78)81-84-79(61-39-18-6-19-40-61)83-80(85-81)62-41-20-7-21-42-62/h1-54H. The number of hydrogen-bond donors (Lipinski definition) is 0. The Morgan fingerprint density at radius 3 is 1.00 bits per heavy atom. The third-order valence-corrected chi connectivity index (χ3v) is 17.3. The van der Waals surface area contributed by atoms with Crippen molar-refractivity contribution in [3.8, 4) is 112 Å². The van der Waals surface area contributed by atoms with Gasteiger partial charge >= 0.3 is 0 Å². The summed E-state index contributed by atoms with van der Waals surface area (Å²) >= 11 is 0. The highest BCUT2D eigenvalue weighted by atomic mass is 15.2. The fourth-order valence-electron chi connectivity index (χ4n) is 13.8. The Bertz CT molecular complexity index is 4720. The maximum absolute atomic E-state index is 5.81. The molecule has 0 fully saturated rings. The SMILES string of the molecule is c1ccc(-c2ccc(N(c3cccc4c3-c3ccccc3C43c4ccccc4-c4ccccc43)c3c(-c4ccccc4)c(-c4ccccc4)c(-c4ccccc4)c(-c4ccccc4)c3-c3nc(-c4ccccc4)nc(-c4ccccc4)n3)cc2)cc1. The van der Waals surface area contributed by atoms with Crippen molar-refractivity contribution in [1.82, 2.24) is 15.0 Å². The predicted molar refractivity (Wildman–Crippen MR) is 354 cm³/mol. The van der Waals surface area contributed by atoms with E-state index in [-0.39, 0.29) is 0 Å². The lowest BCUT2D eigenvalue weighted by Gasteiger charge is -2.36. The minimum Gasteiger partial charge on any atom is -0.308 e. The Morgan fingerprint density at radius 1 is 0.209 bits per heavy atom. The zero-order chi connectivity index (χ0) is 57.0. The van der Waals surface area contributed by atoms with E-state index in [1.165, 1.54) is 38.9 Å². The number of hydrogen-bond acceptors (Lipinski definition) is 4. The van der Waals surface area contributed by atoms with E-state index in [2.05, 4.69) is 320 Å². The molecule has 2 aliphatic carbocycles. The van der Waals surface area contributed by atoms with E-state index >= 15 is 0 Å². The van der Waals surface area contributed by atoms with Gasteiger partial charge in [0.15, 0.2) is 17.5 Å². The maximum Gasteiger partial charge on any atom is 0.166 e. The summed E-state index contributed by atoms with van der Waals surface area (Å²) in [5.41, 5.74) is 25.4. The zero-order valence-electron chi connectivity index (χ0n) is 47.0. The zero-order valence-corrected chi connectivity index (χ0v) is 47.0. The summed E-state index contributed by atoms with van der Waals surface area (Å²) in [5.74, 6) is 1.68. The Hall–Kier alpha value is -11.3. The smallest absolute Gasteiger partial charge is 0.166 e. The molecule has 0 aliphatic heterocycles. The van der Waals surface area contributed by atoms with Gasteiger partial charge < -0.3 is 4.90 Å². The molecule has 0 saturated heterocycles. The van der Waals surface area contributed by atoms with Crippen LogP contribution in [0.5, 0.6) is 0 Å². The van der Waals surface area contributed by atoms with Gasteiger partial charge in [0.2, 0.25) is 0 Å². The van der Waals surface area contributed by atoms with Gasteiger partial charge in [-0.15, -0.1) is 0 Å². The summed E-state index contributed by atoms with van der Waals surface area (Å²) in [7, 11) is 0. The Labute approximate surface area is 501 Å². The van der Waals surface area contributed by atoms with Gasteiger partial charge in [-0.1, -0.05) is 309 Å². The van der Waals surface area contributed by atoms with Gasteiger partial charge in [0.1, 0.15) is 0 Å². The molecule has 4 nitrogen and oxygen atoms in total. The molecule has 1 heterocycles. The summed E-state index contributed by atoms with van der Waals surface area (Å²) in [4.78, 5) is 19.6. The van der Waals surface area contributed by atoms with Crippen LogP contribution in [0.15, 0.2) is 328 Å². The number of anilines is 3. The van der Waals surface area contributed by atoms with Crippen LogP contribution in [0.4, 0.5) is 17.1 Å². The van der Waals surface area contributed by atoms with Crippen LogP contribution in [-0.4, -0.2) is 15.0 Å². The van der Waals surface area contributed by atoms with E-state index in [9.17, 15) is 0 Å². The van der Waals surface area contributed by atoms with Crippen LogP contribution in [-0.2, 0) is 5.41 Å². The van der Waals surface area contributed by atoms with E-state index in [4.69, 9.17) is 15.0 Å². The third kappa shape index (κ3) is 8.18. The van der Waals surface area contributed by atoms with Crippen molar-refractivity contribution in [3.63, 3.8) is 0 Å². The molecule has 13 aromatic carbocycles. The summed E-state index contributed by atoms with van der Waals surface area (Å²) in [5, 5.41) is 0. The fraction of sp³-hybridized carbons (Fsp3) is 0.0122. The second-order valence-electron chi connectivity index (χ2n) is 22.1. The molecular weight excluding hydrogens is 1040 g/mol. The Morgan fingerprint density at radius 2 is 0.535 bits per heavy atom. The van der Waals surface area contributed by atoms with Crippen molar-refractivity contribution in [3.05, 3.63) is 350 Å². The van der Waals surface area contributed by atoms with Gasteiger partial charge in [-0.3, -0.25) is 0 Å². The second kappa shape index (κ2) is 21.1. The number of nitrogens with zero attached hydrogens (tertiary/aromatic N) is 4. The van der Waals surface area contributed by atoms with Gasteiger partial charge in [-0.25, -0.2) is 15.0 Å². The van der Waals surface area contributed by atoms with Crippen molar-refractivity contribution >= 4 is 17.1 Å². The molecular formula is C82H54N4. The Kier molecular flexibility index (Phi) is 12.4. The molecule has 2 aliphatic rings. The summed E-state index contributed by atoms with van der Waals surface area (Å²) in [6.07, 6.45) is 0. The highest BCUT2D eigenvalue weighted by molar-refractivity contribution is 6.16. The highest BCUT2D eigenvalue weighted by Crippen LogP contribution is 2.66. The predicted octanol–water partition coefficient (Wildman–Crippen LogP) is 21.0. The van der Waals surface area contributed by atoms with Crippen molar-refractivity contribution in [1.29, 1.82) is 0 Å². The first-order valence-electron chi connectivity index (χ1n) is 29.4. The molecule has 86 heavy (non-hydrogen) atoms. The molecule has 0 bridgehead atoms. The van der Waals surface area contributed by atoms with Crippen LogP contribution in [0.25, 0.3) is 112 Å².